The zero-order valence-corrected chi connectivity index (χ0v) is 9.78. The number of carbonyl (C=O) groups is 1. The lowest BCUT2D eigenvalue weighted by molar-refractivity contribution is -0.144. The first-order valence-corrected chi connectivity index (χ1v) is 6.48. The molecule has 0 N–H and O–H groups in total. The molecular formula is C13H21NO. The van der Waals surface area contributed by atoms with Crippen LogP contribution in [0, 0.1) is 11.8 Å². The van der Waals surface area contributed by atoms with Crippen molar-refractivity contribution in [1.82, 2.24) is 4.90 Å². The van der Waals surface area contributed by atoms with Gasteiger partial charge in [-0.25, -0.2) is 0 Å². The monoisotopic (exact) mass is 207 g/mol. The summed E-state index contributed by atoms with van der Waals surface area (Å²) in [4.78, 5) is 14.5. The van der Waals surface area contributed by atoms with Gasteiger partial charge in [0, 0.05) is 18.0 Å². The van der Waals surface area contributed by atoms with E-state index in [9.17, 15) is 4.79 Å². The number of nitrogens with zero attached hydrogens (tertiary/aromatic N) is 1. The highest BCUT2D eigenvalue weighted by molar-refractivity contribution is 5.87. The van der Waals surface area contributed by atoms with Gasteiger partial charge in [0.15, 0.2) is 5.78 Å². The number of ketones is 1. The van der Waals surface area contributed by atoms with E-state index in [-0.39, 0.29) is 6.04 Å². The number of rotatable bonds is 0. The van der Waals surface area contributed by atoms with Crippen molar-refractivity contribution in [2.75, 3.05) is 0 Å². The fraction of sp³-hybridized carbons (Fsp3) is 0.923. The number of hydrogen-bond donors (Lipinski definition) is 0. The number of Topliss-reactive ketones (excluding diaryl/α,β-unsaturated/α-hetero) is 1. The number of piperidine rings is 3. The van der Waals surface area contributed by atoms with Crippen molar-refractivity contribution < 1.29 is 4.79 Å². The van der Waals surface area contributed by atoms with Crippen molar-refractivity contribution in [3.63, 3.8) is 0 Å². The van der Waals surface area contributed by atoms with Gasteiger partial charge in [-0.05, 0) is 44.9 Å². The van der Waals surface area contributed by atoms with Crippen LogP contribution in [0.15, 0.2) is 0 Å². The summed E-state index contributed by atoms with van der Waals surface area (Å²) in [7, 11) is 0. The van der Waals surface area contributed by atoms with Crippen molar-refractivity contribution in [2.45, 2.75) is 64.1 Å². The fourth-order valence-corrected chi connectivity index (χ4v) is 4.19. The molecule has 6 unspecified atom stereocenters. The standard InChI is InChI=1S/C13H21NO/c1-8-3-4-11-6-10-7-12(5-8)14(11)9(2)13(10)15/h8-12H,3-7H2,1-2H3. The molecule has 0 saturated carbocycles. The van der Waals surface area contributed by atoms with Crippen LogP contribution in [0.5, 0.6) is 0 Å². The Balaban J connectivity index is 1.92. The average molecular weight is 207 g/mol. The highest BCUT2D eigenvalue weighted by atomic mass is 16.1. The third kappa shape index (κ3) is 1.37. The molecule has 4 aliphatic heterocycles. The van der Waals surface area contributed by atoms with Crippen molar-refractivity contribution >= 4 is 5.78 Å². The van der Waals surface area contributed by atoms with E-state index < -0.39 is 0 Å². The minimum absolute atomic E-state index is 0.220. The second kappa shape index (κ2) is 3.31. The van der Waals surface area contributed by atoms with E-state index in [1.54, 1.807) is 0 Å². The van der Waals surface area contributed by atoms with E-state index in [0.29, 0.717) is 11.7 Å². The highest BCUT2D eigenvalue weighted by Crippen LogP contribution is 2.44. The number of carbonyl (C=O) groups excluding carboxylic acids is 1. The molecule has 84 valence electrons. The molecule has 4 bridgehead atoms. The molecule has 0 spiro atoms. The Morgan fingerprint density at radius 1 is 1.07 bits per heavy atom. The second-order valence-electron chi connectivity index (χ2n) is 5.92. The predicted molar refractivity (Wildman–Crippen MR) is 59.6 cm³/mol. The van der Waals surface area contributed by atoms with Gasteiger partial charge in [0.2, 0.25) is 0 Å². The highest BCUT2D eigenvalue weighted by Gasteiger charge is 2.49. The second-order valence-corrected chi connectivity index (χ2v) is 5.92. The summed E-state index contributed by atoms with van der Waals surface area (Å²) in [6, 6.07) is 1.67. The molecule has 0 aliphatic carbocycles. The van der Waals surface area contributed by atoms with Crippen LogP contribution >= 0.6 is 0 Å². The molecule has 4 aliphatic rings. The van der Waals surface area contributed by atoms with E-state index in [2.05, 4.69) is 18.7 Å². The van der Waals surface area contributed by atoms with E-state index >= 15 is 0 Å². The van der Waals surface area contributed by atoms with Gasteiger partial charge in [-0.2, -0.15) is 0 Å². The Kier molecular flexibility index (Phi) is 2.17. The van der Waals surface area contributed by atoms with E-state index in [1.807, 2.05) is 0 Å². The van der Waals surface area contributed by atoms with Crippen molar-refractivity contribution in [3.05, 3.63) is 0 Å². The molecule has 0 aromatic heterocycles. The van der Waals surface area contributed by atoms with Gasteiger partial charge < -0.3 is 0 Å². The predicted octanol–water partition coefficient (Wildman–Crippen LogP) is 2.23. The Bertz CT molecular complexity index is 284. The molecule has 2 nitrogen and oxygen atoms in total. The largest absolute Gasteiger partial charge is 0.298 e. The van der Waals surface area contributed by atoms with Gasteiger partial charge in [-0.15, -0.1) is 0 Å². The molecule has 4 heterocycles. The Morgan fingerprint density at radius 2 is 1.80 bits per heavy atom. The van der Waals surface area contributed by atoms with Crippen LogP contribution in [0.4, 0.5) is 0 Å². The average Bonchev–Trinajstić information content (AvgIpc) is 2.30. The molecule has 0 radical (unpaired) electrons. The topological polar surface area (TPSA) is 20.3 Å². The van der Waals surface area contributed by atoms with Gasteiger partial charge in [0.05, 0.1) is 6.04 Å². The number of hydrogen-bond acceptors (Lipinski definition) is 2. The number of fused-ring (bicyclic) bond motifs is 1. The minimum Gasteiger partial charge on any atom is -0.298 e. The van der Waals surface area contributed by atoms with Crippen molar-refractivity contribution in [3.8, 4) is 0 Å². The first-order chi connectivity index (χ1) is 7.16. The third-order valence-electron chi connectivity index (χ3n) is 4.88. The fourth-order valence-electron chi connectivity index (χ4n) is 4.19. The maximum Gasteiger partial charge on any atom is 0.152 e. The summed E-state index contributed by atoms with van der Waals surface area (Å²) < 4.78 is 0. The molecular weight excluding hydrogens is 186 g/mol. The summed E-state index contributed by atoms with van der Waals surface area (Å²) >= 11 is 0. The van der Waals surface area contributed by atoms with Gasteiger partial charge in [0.1, 0.15) is 0 Å². The van der Waals surface area contributed by atoms with Crippen LogP contribution < -0.4 is 0 Å². The molecule has 0 aromatic rings. The maximum atomic E-state index is 12.0. The quantitative estimate of drug-likeness (QED) is 0.607. The minimum atomic E-state index is 0.220. The van der Waals surface area contributed by atoms with E-state index in [4.69, 9.17) is 0 Å². The molecule has 4 rings (SSSR count). The van der Waals surface area contributed by atoms with Crippen LogP contribution in [0.25, 0.3) is 0 Å². The summed E-state index contributed by atoms with van der Waals surface area (Å²) in [5, 5.41) is 0. The van der Waals surface area contributed by atoms with Crippen LogP contribution in [0.3, 0.4) is 0 Å². The Labute approximate surface area is 92.0 Å². The normalized spacial score (nSPS) is 54.1. The van der Waals surface area contributed by atoms with Gasteiger partial charge >= 0.3 is 0 Å². The van der Waals surface area contributed by atoms with Crippen LogP contribution in [0.2, 0.25) is 0 Å². The maximum absolute atomic E-state index is 12.0. The van der Waals surface area contributed by atoms with Gasteiger partial charge in [0.25, 0.3) is 0 Å². The first kappa shape index (κ1) is 9.83. The van der Waals surface area contributed by atoms with Gasteiger partial charge in [-0.1, -0.05) is 6.92 Å². The zero-order valence-electron chi connectivity index (χ0n) is 9.78. The zero-order chi connectivity index (χ0) is 10.6. The smallest absolute Gasteiger partial charge is 0.152 e. The van der Waals surface area contributed by atoms with Crippen LogP contribution in [-0.4, -0.2) is 28.8 Å². The molecule has 15 heavy (non-hydrogen) atoms. The summed E-state index contributed by atoms with van der Waals surface area (Å²) in [5.41, 5.74) is 0. The summed E-state index contributed by atoms with van der Waals surface area (Å²) in [5.74, 6) is 1.80. The van der Waals surface area contributed by atoms with Crippen molar-refractivity contribution in [1.29, 1.82) is 0 Å². The molecule has 4 fully saturated rings. The molecule has 6 atom stereocenters. The summed E-state index contributed by atoms with van der Waals surface area (Å²) in [6.07, 6.45) is 6.33. The van der Waals surface area contributed by atoms with Crippen LogP contribution in [-0.2, 0) is 4.79 Å². The molecule has 0 amide bonds. The Hall–Kier alpha value is -0.370. The lowest BCUT2D eigenvalue weighted by Gasteiger charge is -2.52. The lowest BCUT2D eigenvalue weighted by Crippen LogP contribution is -2.62. The van der Waals surface area contributed by atoms with Crippen LogP contribution in [0.1, 0.15) is 46.0 Å². The van der Waals surface area contributed by atoms with E-state index in [0.717, 1.165) is 30.8 Å². The van der Waals surface area contributed by atoms with Gasteiger partial charge in [-0.3, -0.25) is 9.69 Å². The third-order valence-corrected chi connectivity index (χ3v) is 4.88. The molecule has 2 heteroatoms. The van der Waals surface area contributed by atoms with Crippen molar-refractivity contribution in [2.24, 2.45) is 11.8 Å². The lowest BCUT2D eigenvalue weighted by atomic mass is 9.74. The Morgan fingerprint density at radius 3 is 2.53 bits per heavy atom. The molecule has 4 saturated heterocycles. The first-order valence-electron chi connectivity index (χ1n) is 6.48. The molecule has 0 aromatic carbocycles. The van der Waals surface area contributed by atoms with E-state index in [1.165, 1.54) is 19.3 Å². The summed E-state index contributed by atoms with van der Waals surface area (Å²) in [6.45, 7) is 4.51. The SMILES string of the molecule is CC1CCC2CC3CC(C1)N2C(C)C3=O.